The summed E-state index contributed by atoms with van der Waals surface area (Å²) in [7, 11) is 0. The first-order valence-corrected chi connectivity index (χ1v) is 8.73. The van der Waals surface area contributed by atoms with E-state index in [-0.39, 0.29) is 11.7 Å². The van der Waals surface area contributed by atoms with E-state index in [4.69, 9.17) is 17.4 Å². The van der Waals surface area contributed by atoms with Crippen LogP contribution >= 0.6 is 11.6 Å². The number of rotatable bonds is 8. The van der Waals surface area contributed by atoms with Crippen LogP contribution in [-0.4, -0.2) is 26.6 Å². The van der Waals surface area contributed by atoms with Crippen LogP contribution in [0.3, 0.4) is 0 Å². The fourth-order valence-corrected chi connectivity index (χ4v) is 2.60. The van der Waals surface area contributed by atoms with Crippen LogP contribution in [0.5, 0.6) is 5.75 Å². The molecule has 3 rings (SSSR count). The molecule has 8 nitrogen and oxygen atoms in total. The number of anilines is 3. The summed E-state index contributed by atoms with van der Waals surface area (Å²) in [5.74, 6) is 6.73. The molecule has 0 spiro atoms. The number of hydrogen-bond acceptors (Lipinski definition) is 8. The lowest BCUT2D eigenvalue weighted by molar-refractivity contribution is 0.475. The summed E-state index contributed by atoms with van der Waals surface area (Å²) in [6.07, 6.45) is 0.750. The molecule has 0 amide bonds. The van der Waals surface area contributed by atoms with Gasteiger partial charge in [0, 0.05) is 18.1 Å². The van der Waals surface area contributed by atoms with Crippen molar-refractivity contribution in [1.29, 1.82) is 0 Å². The van der Waals surface area contributed by atoms with Gasteiger partial charge < -0.3 is 15.7 Å². The zero-order valence-corrected chi connectivity index (χ0v) is 15.2. The third-order valence-electron chi connectivity index (χ3n) is 3.79. The number of hydrogen-bond donors (Lipinski definition) is 5. The Morgan fingerprint density at radius 1 is 0.889 bits per heavy atom. The van der Waals surface area contributed by atoms with Crippen molar-refractivity contribution in [3.8, 4) is 5.75 Å². The van der Waals surface area contributed by atoms with Crippen molar-refractivity contribution in [1.82, 2.24) is 15.0 Å². The molecule has 2 aromatic carbocycles. The van der Waals surface area contributed by atoms with E-state index in [1.807, 2.05) is 36.4 Å². The average Bonchev–Trinajstić information content (AvgIpc) is 2.69. The summed E-state index contributed by atoms with van der Waals surface area (Å²) in [5, 5.41) is 16.3. The lowest BCUT2D eigenvalue weighted by Gasteiger charge is -2.10. The van der Waals surface area contributed by atoms with Gasteiger partial charge in [-0.2, -0.15) is 15.0 Å². The maximum absolute atomic E-state index is 9.32. The molecule has 0 saturated carbocycles. The third kappa shape index (κ3) is 5.44. The predicted octanol–water partition coefficient (Wildman–Crippen LogP) is 2.78. The molecule has 3 aromatic rings. The smallest absolute Gasteiger partial charge is 0.243 e. The fraction of sp³-hybridized carbons (Fsp3) is 0.167. The molecule has 0 aliphatic carbocycles. The van der Waals surface area contributed by atoms with Gasteiger partial charge in [-0.1, -0.05) is 41.9 Å². The van der Waals surface area contributed by atoms with Crippen molar-refractivity contribution < 1.29 is 5.11 Å². The summed E-state index contributed by atoms with van der Waals surface area (Å²) in [6.45, 7) is 1.09. The molecule has 0 aliphatic heterocycles. The second kappa shape index (κ2) is 9.02. The van der Waals surface area contributed by atoms with Gasteiger partial charge >= 0.3 is 0 Å². The second-order valence-corrected chi connectivity index (χ2v) is 6.15. The Morgan fingerprint density at radius 3 is 2.26 bits per heavy atom. The van der Waals surface area contributed by atoms with Crippen LogP contribution in [-0.2, 0) is 13.0 Å². The topological polar surface area (TPSA) is 121 Å². The number of nitrogen functional groups attached to an aromatic ring is 1. The number of aromatic hydroxyl groups is 1. The van der Waals surface area contributed by atoms with E-state index < -0.39 is 0 Å². The summed E-state index contributed by atoms with van der Waals surface area (Å²) in [6, 6.07) is 14.6. The molecule has 1 heterocycles. The van der Waals surface area contributed by atoms with Crippen molar-refractivity contribution >= 4 is 29.4 Å². The van der Waals surface area contributed by atoms with Gasteiger partial charge in [0.1, 0.15) is 5.75 Å². The van der Waals surface area contributed by atoms with E-state index in [1.165, 1.54) is 0 Å². The Balaban J connectivity index is 1.62. The summed E-state index contributed by atoms with van der Waals surface area (Å²) in [4.78, 5) is 12.7. The molecular weight excluding hydrogens is 366 g/mol. The Hall–Kier alpha value is -3.10. The highest BCUT2D eigenvalue weighted by atomic mass is 35.5. The largest absolute Gasteiger partial charge is 0.508 e. The van der Waals surface area contributed by atoms with Gasteiger partial charge in [0.2, 0.25) is 17.8 Å². The summed E-state index contributed by atoms with van der Waals surface area (Å²) in [5.41, 5.74) is 4.46. The van der Waals surface area contributed by atoms with Crippen LogP contribution in [0, 0.1) is 0 Å². The molecule has 27 heavy (non-hydrogen) atoms. The molecule has 0 fully saturated rings. The van der Waals surface area contributed by atoms with Gasteiger partial charge in [0.25, 0.3) is 0 Å². The Bertz CT molecular complexity index is 889. The van der Waals surface area contributed by atoms with Crippen molar-refractivity contribution in [2.24, 2.45) is 5.84 Å². The molecule has 0 unspecified atom stereocenters. The molecule has 9 heteroatoms. The number of hydrazine groups is 1. The molecule has 0 atom stereocenters. The minimum Gasteiger partial charge on any atom is -0.508 e. The van der Waals surface area contributed by atoms with Crippen molar-refractivity contribution in [3.05, 3.63) is 64.7 Å². The number of phenolic OH excluding ortho intramolecular Hbond substituents is 1. The van der Waals surface area contributed by atoms with Crippen LogP contribution in [0.2, 0.25) is 5.02 Å². The van der Waals surface area contributed by atoms with Gasteiger partial charge in [0.15, 0.2) is 0 Å². The highest BCUT2D eigenvalue weighted by Gasteiger charge is 2.07. The first-order chi connectivity index (χ1) is 13.1. The van der Waals surface area contributed by atoms with Gasteiger partial charge in [-0.3, -0.25) is 5.43 Å². The van der Waals surface area contributed by atoms with Crippen molar-refractivity contribution in [3.63, 3.8) is 0 Å². The maximum Gasteiger partial charge on any atom is 0.243 e. The van der Waals surface area contributed by atoms with Gasteiger partial charge in [-0.15, -0.1) is 0 Å². The number of benzene rings is 2. The summed E-state index contributed by atoms with van der Waals surface area (Å²) < 4.78 is 0. The van der Waals surface area contributed by atoms with Crippen LogP contribution in [0.4, 0.5) is 17.8 Å². The first-order valence-electron chi connectivity index (χ1n) is 8.36. The van der Waals surface area contributed by atoms with E-state index in [1.54, 1.807) is 12.1 Å². The van der Waals surface area contributed by atoms with E-state index in [9.17, 15) is 5.11 Å². The van der Waals surface area contributed by atoms with Crippen LogP contribution in [0.15, 0.2) is 48.5 Å². The number of halogens is 1. The number of nitrogens with zero attached hydrogens (tertiary/aromatic N) is 3. The van der Waals surface area contributed by atoms with E-state index in [0.29, 0.717) is 30.0 Å². The van der Waals surface area contributed by atoms with Gasteiger partial charge in [0.05, 0.1) is 0 Å². The van der Waals surface area contributed by atoms with Gasteiger partial charge in [-0.05, 0) is 35.7 Å². The number of nitrogens with two attached hydrogens (primary N) is 1. The second-order valence-electron chi connectivity index (χ2n) is 5.74. The van der Waals surface area contributed by atoms with Crippen LogP contribution in [0.1, 0.15) is 11.1 Å². The van der Waals surface area contributed by atoms with E-state index in [2.05, 4.69) is 31.0 Å². The number of phenols is 1. The number of nitrogens with one attached hydrogen (secondary N) is 3. The van der Waals surface area contributed by atoms with Gasteiger partial charge in [-0.25, -0.2) is 5.84 Å². The lowest BCUT2D eigenvalue weighted by Crippen LogP contribution is -2.16. The molecule has 0 saturated heterocycles. The Morgan fingerprint density at radius 2 is 1.56 bits per heavy atom. The third-order valence-corrected chi connectivity index (χ3v) is 4.16. The Kier molecular flexibility index (Phi) is 6.24. The molecule has 6 N–H and O–H groups in total. The van der Waals surface area contributed by atoms with E-state index in [0.717, 1.165) is 17.5 Å². The minimum atomic E-state index is 0.247. The molecule has 0 bridgehead atoms. The molecular formula is C18H20ClN7O. The summed E-state index contributed by atoms with van der Waals surface area (Å²) >= 11 is 6.16. The quantitative estimate of drug-likeness (QED) is 0.296. The molecule has 0 radical (unpaired) electrons. The minimum absolute atomic E-state index is 0.247. The standard InChI is InChI=1S/C18H20ClN7O/c19-15-4-2-1-3-13(15)11-22-17-23-16(24-18(25-17)26-20)21-10-9-12-5-7-14(27)8-6-12/h1-8,27H,9-11,20H2,(H3,21,22,23,24,25,26). The predicted molar refractivity (Wildman–Crippen MR) is 107 cm³/mol. The fourth-order valence-electron chi connectivity index (χ4n) is 2.40. The van der Waals surface area contributed by atoms with Crippen molar-refractivity contribution in [2.75, 3.05) is 22.6 Å². The first kappa shape index (κ1) is 18.7. The van der Waals surface area contributed by atoms with Crippen LogP contribution < -0.4 is 21.9 Å². The zero-order chi connectivity index (χ0) is 19.1. The van der Waals surface area contributed by atoms with Crippen LogP contribution in [0.25, 0.3) is 0 Å². The zero-order valence-electron chi connectivity index (χ0n) is 14.5. The lowest BCUT2D eigenvalue weighted by atomic mass is 10.1. The van der Waals surface area contributed by atoms with E-state index >= 15 is 0 Å². The average molecular weight is 386 g/mol. The SMILES string of the molecule is NNc1nc(NCCc2ccc(O)cc2)nc(NCc2ccccc2Cl)n1. The number of aromatic nitrogens is 3. The molecule has 1 aromatic heterocycles. The molecule has 0 aliphatic rings. The highest BCUT2D eigenvalue weighted by molar-refractivity contribution is 6.31. The monoisotopic (exact) mass is 385 g/mol. The Labute approximate surface area is 161 Å². The maximum atomic E-state index is 9.32. The normalized spacial score (nSPS) is 10.4. The molecule has 140 valence electrons. The van der Waals surface area contributed by atoms with Crippen molar-refractivity contribution in [2.45, 2.75) is 13.0 Å². The highest BCUT2D eigenvalue weighted by Crippen LogP contribution is 2.17.